The van der Waals surface area contributed by atoms with Gasteiger partial charge in [-0.1, -0.05) is 12.1 Å². The Labute approximate surface area is 150 Å². The minimum atomic E-state index is -1.20. The standard InChI is InChI=1S/C18H23FN2O5/c19-12-5-1-10(2-6-12)8-20-15(22)7-13-16(23)17(24)14(26-13)9-21-18(25)11-3-4-11/h1-2,5-6,11,13-14,16-17,23-24H,3-4,7-9H2,(H,20,22)(H,21,25)/t13-,14-,16+,17-/m1/s1. The van der Waals surface area contributed by atoms with Crippen molar-refractivity contribution in [3.8, 4) is 0 Å². The predicted molar refractivity (Wildman–Crippen MR) is 89.3 cm³/mol. The van der Waals surface area contributed by atoms with E-state index in [1.807, 2.05) is 0 Å². The first-order valence-electron chi connectivity index (χ1n) is 8.74. The number of carbonyl (C=O) groups is 2. The lowest BCUT2D eigenvalue weighted by molar-refractivity contribution is -0.126. The molecule has 1 saturated carbocycles. The third-order valence-corrected chi connectivity index (χ3v) is 4.68. The van der Waals surface area contributed by atoms with Crippen molar-refractivity contribution in [1.29, 1.82) is 0 Å². The third kappa shape index (κ3) is 4.78. The first-order chi connectivity index (χ1) is 12.4. The Morgan fingerprint density at radius 1 is 1.08 bits per heavy atom. The van der Waals surface area contributed by atoms with Crippen molar-refractivity contribution in [2.45, 2.75) is 50.2 Å². The molecule has 0 spiro atoms. The van der Waals surface area contributed by atoms with Crippen LogP contribution in [-0.4, -0.2) is 53.0 Å². The molecule has 1 saturated heterocycles. The van der Waals surface area contributed by atoms with E-state index in [1.54, 1.807) is 12.1 Å². The highest BCUT2D eigenvalue weighted by Crippen LogP contribution is 2.29. The number of aliphatic hydroxyl groups excluding tert-OH is 2. The van der Waals surface area contributed by atoms with Crippen LogP contribution < -0.4 is 10.6 Å². The maximum Gasteiger partial charge on any atom is 0.223 e. The van der Waals surface area contributed by atoms with Crippen LogP contribution in [0.5, 0.6) is 0 Å². The maximum atomic E-state index is 12.9. The lowest BCUT2D eigenvalue weighted by Gasteiger charge is -2.15. The van der Waals surface area contributed by atoms with Gasteiger partial charge in [0, 0.05) is 19.0 Å². The van der Waals surface area contributed by atoms with Gasteiger partial charge in [-0.3, -0.25) is 9.59 Å². The summed E-state index contributed by atoms with van der Waals surface area (Å²) in [5.74, 6) is -0.730. The first-order valence-corrected chi connectivity index (χ1v) is 8.74. The van der Waals surface area contributed by atoms with E-state index in [2.05, 4.69) is 10.6 Å². The van der Waals surface area contributed by atoms with Gasteiger partial charge < -0.3 is 25.6 Å². The molecule has 7 nitrogen and oxygen atoms in total. The van der Waals surface area contributed by atoms with Gasteiger partial charge in [-0.25, -0.2) is 4.39 Å². The number of carbonyl (C=O) groups excluding carboxylic acids is 2. The molecule has 0 aromatic heterocycles. The molecule has 142 valence electrons. The molecule has 1 aromatic rings. The monoisotopic (exact) mass is 366 g/mol. The number of aliphatic hydroxyl groups is 2. The van der Waals surface area contributed by atoms with Crippen molar-refractivity contribution < 1.29 is 28.9 Å². The van der Waals surface area contributed by atoms with Gasteiger partial charge in [0.1, 0.15) is 24.1 Å². The molecule has 1 aliphatic heterocycles. The molecular formula is C18H23FN2O5. The number of halogens is 1. The van der Waals surface area contributed by atoms with Crippen LogP contribution in [0.25, 0.3) is 0 Å². The average Bonchev–Trinajstić information content (AvgIpc) is 3.44. The largest absolute Gasteiger partial charge is 0.388 e. The van der Waals surface area contributed by atoms with Crippen LogP contribution in [0.4, 0.5) is 4.39 Å². The van der Waals surface area contributed by atoms with Crippen molar-refractivity contribution in [3.63, 3.8) is 0 Å². The quantitative estimate of drug-likeness (QED) is 0.537. The van der Waals surface area contributed by atoms with E-state index >= 15 is 0 Å². The van der Waals surface area contributed by atoms with Crippen molar-refractivity contribution >= 4 is 11.8 Å². The van der Waals surface area contributed by atoms with Crippen LogP contribution in [0.2, 0.25) is 0 Å². The van der Waals surface area contributed by atoms with Gasteiger partial charge in [-0.15, -0.1) is 0 Å². The summed E-state index contributed by atoms with van der Waals surface area (Å²) in [6.07, 6.45) is -2.33. The van der Waals surface area contributed by atoms with Gasteiger partial charge in [0.25, 0.3) is 0 Å². The van der Waals surface area contributed by atoms with Crippen molar-refractivity contribution in [2.24, 2.45) is 5.92 Å². The zero-order chi connectivity index (χ0) is 18.7. The molecule has 4 N–H and O–H groups in total. The Morgan fingerprint density at radius 2 is 1.73 bits per heavy atom. The fraction of sp³-hybridized carbons (Fsp3) is 0.556. The number of benzene rings is 1. The summed E-state index contributed by atoms with van der Waals surface area (Å²) in [6, 6.07) is 5.75. The predicted octanol–water partition coefficient (Wildman–Crippen LogP) is -0.153. The fourth-order valence-electron chi connectivity index (χ4n) is 2.91. The number of rotatable bonds is 7. The Morgan fingerprint density at radius 3 is 2.38 bits per heavy atom. The maximum absolute atomic E-state index is 12.9. The molecule has 26 heavy (non-hydrogen) atoms. The number of ether oxygens (including phenoxy) is 1. The molecular weight excluding hydrogens is 343 g/mol. The van der Waals surface area contributed by atoms with Crippen molar-refractivity contribution in [2.75, 3.05) is 6.54 Å². The molecule has 8 heteroatoms. The highest BCUT2D eigenvalue weighted by atomic mass is 19.1. The molecule has 2 aliphatic rings. The van der Waals surface area contributed by atoms with Gasteiger partial charge >= 0.3 is 0 Å². The topological polar surface area (TPSA) is 108 Å². The summed E-state index contributed by atoms with van der Waals surface area (Å²) in [7, 11) is 0. The SMILES string of the molecule is O=C(C[C@H]1O[C@H](CNC(=O)C2CC2)[C@@H](O)[C@H]1O)NCc1ccc(F)cc1. The zero-order valence-electron chi connectivity index (χ0n) is 14.2. The molecule has 0 unspecified atom stereocenters. The van der Waals surface area contributed by atoms with Gasteiger partial charge in [0.15, 0.2) is 0 Å². The molecule has 2 fully saturated rings. The van der Waals surface area contributed by atoms with Crippen LogP contribution in [0, 0.1) is 11.7 Å². The van der Waals surface area contributed by atoms with E-state index in [9.17, 15) is 24.2 Å². The smallest absolute Gasteiger partial charge is 0.223 e. The second-order valence-electron chi connectivity index (χ2n) is 6.82. The van der Waals surface area contributed by atoms with E-state index in [-0.39, 0.29) is 43.1 Å². The lowest BCUT2D eigenvalue weighted by Crippen LogP contribution is -2.40. The summed E-state index contributed by atoms with van der Waals surface area (Å²) in [5.41, 5.74) is 0.744. The van der Waals surface area contributed by atoms with Gasteiger partial charge in [0.05, 0.1) is 12.5 Å². The summed E-state index contributed by atoms with van der Waals surface area (Å²) >= 11 is 0. The molecule has 1 heterocycles. The third-order valence-electron chi connectivity index (χ3n) is 4.68. The van der Waals surface area contributed by atoms with Crippen LogP contribution in [0.3, 0.4) is 0 Å². The summed E-state index contributed by atoms with van der Waals surface area (Å²) in [5, 5.41) is 25.5. The first kappa shape index (κ1) is 18.8. The summed E-state index contributed by atoms with van der Waals surface area (Å²) < 4.78 is 18.4. The average molecular weight is 366 g/mol. The Kier molecular flexibility index (Phi) is 5.85. The Balaban J connectivity index is 1.43. The fourth-order valence-corrected chi connectivity index (χ4v) is 2.91. The van der Waals surface area contributed by atoms with Crippen molar-refractivity contribution in [1.82, 2.24) is 10.6 Å². The van der Waals surface area contributed by atoms with Gasteiger partial charge in [-0.2, -0.15) is 0 Å². The normalized spacial score (nSPS) is 28.0. The molecule has 0 bridgehead atoms. The van der Waals surface area contributed by atoms with Crippen LogP contribution in [0.1, 0.15) is 24.8 Å². The highest BCUT2D eigenvalue weighted by molar-refractivity contribution is 5.80. The number of hydrogen-bond acceptors (Lipinski definition) is 5. The molecule has 4 atom stereocenters. The van der Waals surface area contributed by atoms with Crippen LogP contribution >= 0.6 is 0 Å². The molecule has 0 radical (unpaired) electrons. The molecule has 3 rings (SSSR count). The number of nitrogens with one attached hydrogen (secondary N) is 2. The van der Waals surface area contributed by atoms with Crippen LogP contribution in [-0.2, 0) is 20.9 Å². The second kappa shape index (κ2) is 8.11. The summed E-state index contributed by atoms with van der Waals surface area (Å²) in [6.45, 7) is 0.326. The van der Waals surface area contributed by atoms with Crippen LogP contribution in [0.15, 0.2) is 24.3 Å². The van der Waals surface area contributed by atoms with Gasteiger partial charge in [-0.05, 0) is 30.5 Å². The Hall–Kier alpha value is -2.03. The zero-order valence-corrected chi connectivity index (χ0v) is 14.2. The minimum absolute atomic E-state index is 0.0477. The van der Waals surface area contributed by atoms with E-state index in [0.29, 0.717) is 0 Å². The highest BCUT2D eigenvalue weighted by Gasteiger charge is 2.43. The number of amides is 2. The molecule has 2 amide bonds. The Bertz CT molecular complexity index is 649. The number of hydrogen-bond donors (Lipinski definition) is 4. The van der Waals surface area contributed by atoms with Gasteiger partial charge in [0.2, 0.25) is 11.8 Å². The van der Waals surface area contributed by atoms with E-state index < -0.39 is 24.4 Å². The lowest BCUT2D eigenvalue weighted by atomic mass is 10.1. The van der Waals surface area contributed by atoms with E-state index in [0.717, 1.165) is 18.4 Å². The van der Waals surface area contributed by atoms with E-state index in [1.165, 1.54) is 12.1 Å². The van der Waals surface area contributed by atoms with E-state index in [4.69, 9.17) is 4.74 Å². The summed E-state index contributed by atoms with van der Waals surface area (Å²) in [4.78, 5) is 23.7. The molecule has 1 aliphatic carbocycles. The minimum Gasteiger partial charge on any atom is -0.388 e. The second-order valence-corrected chi connectivity index (χ2v) is 6.82. The van der Waals surface area contributed by atoms with Crippen molar-refractivity contribution in [3.05, 3.63) is 35.6 Å². The molecule has 1 aromatic carbocycles.